The fourth-order valence-electron chi connectivity index (χ4n) is 2.21. The fourth-order valence-corrected chi connectivity index (χ4v) is 2.21. The van der Waals surface area contributed by atoms with Crippen LogP contribution in [0.3, 0.4) is 0 Å². The van der Waals surface area contributed by atoms with Gasteiger partial charge in [0, 0.05) is 13.6 Å². The second-order valence-corrected chi connectivity index (χ2v) is 4.86. The molecule has 0 aromatic heterocycles. The van der Waals surface area contributed by atoms with Gasteiger partial charge in [0.15, 0.2) is 0 Å². The van der Waals surface area contributed by atoms with Gasteiger partial charge in [0.05, 0.1) is 13.7 Å². The van der Waals surface area contributed by atoms with Crippen molar-refractivity contribution in [3.05, 3.63) is 28.8 Å². The van der Waals surface area contributed by atoms with Crippen LogP contribution in [0.2, 0.25) is 0 Å². The highest BCUT2D eigenvalue weighted by molar-refractivity contribution is 5.77. The quantitative estimate of drug-likeness (QED) is 0.847. The SMILES string of the molecule is CNCC(=O)N(C)CCc1cc(C)c(OC)c(C)c1. The molecule has 1 aromatic rings. The number of benzene rings is 1. The van der Waals surface area contributed by atoms with Crippen molar-refractivity contribution in [1.29, 1.82) is 0 Å². The molecule has 0 heterocycles. The van der Waals surface area contributed by atoms with Crippen molar-refractivity contribution >= 4 is 5.91 Å². The average molecular weight is 264 g/mol. The number of methoxy groups -OCH3 is 1. The van der Waals surface area contributed by atoms with Crippen LogP contribution in [0.15, 0.2) is 12.1 Å². The number of carbonyl (C=O) groups excluding carboxylic acids is 1. The fraction of sp³-hybridized carbons (Fsp3) is 0.533. The van der Waals surface area contributed by atoms with Crippen LogP contribution in [-0.2, 0) is 11.2 Å². The molecule has 1 amide bonds. The maximum Gasteiger partial charge on any atom is 0.236 e. The topological polar surface area (TPSA) is 41.6 Å². The molecule has 0 bridgehead atoms. The number of aryl methyl sites for hydroxylation is 2. The van der Waals surface area contributed by atoms with Crippen molar-refractivity contribution in [3.63, 3.8) is 0 Å². The third-order valence-electron chi connectivity index (χ3n) is 3.21. The first-order valence-corrected chi connectivity index (χ1v) is 6.52. The van der Waals surface area contributed by atoms with E-state index < -0.39 is 0 Å². The van der Waals surface area contributed by atoms with E-state index in [1.165, 1.54) is 5.56 Å². The molecule has 0 aliphatic heterocycles. The molecule has 1 rings (SSSR count). The molecule has 0 fully saturated rings. The molecule has 4 heteroatoms. The van der Waals surface area contributed by atoms with Crippen molar-refractivity contribution in [2.75, 3.05) is 34.3 Å². The maximum absolute atomic E-state index is 11.6. The molecular formula is C15H24N2O2. The molecule has 0 atom stereocenters. The van der Waals surface area contributed by atoms with E-state index in [9.17, 15) is 4.79 Å². The number of amides is 1. The van der Waals surface area contributed by atoms with Crippen LogP contribution in [0, 0.1) is 13.8 Å². The van der Waals surface area contributed by atoms with Crippen molar-refractivity contribution in [1.82, 2.24) is 10.2 Å². The van der Waals surface area contributed by atoms with Crippen molar-refractivity contribution in [2.45, 2.75) is 20.3 Å². The Balaban J connectivity index is 2.66. The molecule has 19 heavy (non-hydrogen) atoms. The summed E-state index contributed by atoms with van der Waals surface area (Å²) in [6.07, 6.45) is 0.859. The van der Waals surface area contributed by atoms with Gasteiger partial charge in [0.2, 0.25) is 5.91 Å². The zero-order valence-corrected chi connectivity index (χ0v) is 12.5. The molecule has 0 radical (unpaired) electrons. The van der Waals surface area contributed by atoms with E-state index in [-0.39, 0.29) is 5.91 Å². The monoisotopic (exact) mass is 264 g/mol. The Bertz CT molecular complexity index is 421. The number of rotatable bonds is 6. The van der Waals surface area contributed by atoms with Gasteiger partial charge in [-0.05, 0) is 44.0 Å². The van der Waals surface area contributed by atoms with Crippen LogP contribution in [-0.4, -0.2) is 45.1 Å². The van der Waals surface area contributed by atoms with Crippen molar-refractivity contribution < 1.29 is 9.53 Å². The summed E-state index contributed by atoms with van der Waals surface area (Å²) >= 11 is 0. The molecule has 0 aliphatic carbocycles. The van der Waals surface area contributed by atoms with Gasteiger partial charge < -0.3 is 15.0 Å². The number of hydrogen-bond donors (Lipinski definition) is 1. The maximum atomic E-state index is 11.6. The van der Waals surface area contributed by atoms with Gasteiger partial charge in [-0.2, -0.15) is 0 Å². The summed E-state index contributed by atoms with van der Waals surface area (Å²) in [7, 11) is 5.31. The predicted molar refractivity (Wildman–Crippen MR) is 77.7 cm³/mol. The second-order valence-electron chi connectivity index (χ2n) is 4.86. The van der Waals surface area contributed by atoms with E-state index in [0.29, 0.717) is 6.54 Å². The molecule has 1 N–H and O–H groups in total. The Morgan fingerprint density at radius 1 is 1.32 bits per heavy atom. The molecule has 4 nitrogen and oxygen atoms in total. The Morgan fingerprint density at radius 2 is 1.89 bits per heavy atom. The Kier molecular flexibility index (Phi) is 5.83. The summed E-state index contributed by atoms with van der Waals surface area (Å²) in [5.41, 5.74) is 3.52. The lowest BCUT2D eigenvalue weighted by molar-refractivity contribution is -0.128. The Labute approximate surface area is 115 Å². The van der Waals surface area contributed by atoms with Gasteiger partial charge in [0.1, 0.15) is 5.75 Å². The molecule has 0 spiro atoms. The van der Waals surface area contributed by atoms with E-state index in [1.54, 1.807) is 19.1 Å². The summed E-state index contributed by atoms with van der Waals surface area (Å²) < 4.78 is 5.35. The van der Waals surface area contributed by atoms with Gasteiger partial charge in [-0.3, -0.25) is 4.79 Å². The zero-order chi connectivity index (χ0) is 14.4. The van der Waals surface area contributed by atoms with Gasteiger partial charge >= 0.3 is 0 Å². The molecule has 106 valence electrons. The largest absolute Gasteiger partial charge is 0.496 e. The van der Waals surface area contributed by atoms with Crippen LogP contribution in [0.4, 0.5) is 0 Å². The second kappa shape index (κ2) is 7.14. The third kappa shape index (κ3) is 4.24. The predicted octanol–water partition coefficient (Wildman–Crippen LogP) is 1.53. The highest BCUT2D eigenvalue weighted by atomic mass is 16.5. The first-order chi connectivity index (χ1) is 8.99. The molecule has 1 aromatic carbocycles. The number of ether oxygens (including phenoxy) is 1. The minimum absolute atomic E-state index is 0.115. The van der Waals surface area contributed by atoms with Crippen LogP contribution in [0.1, 0.15) is 16.7 Å². The van der Waals surface area contributed by atoms with Gasteiger partial charge in [0.25, 0.3) is 0 Å². The standard InChI is InChI=1S/C15H24N2O2/c1-11-8-13(9-12(2)15(11)19-5)6-7-17(4)14(18)10-16-3/h8-9,16H,6-7,10H2,1-5H3. The molecule has 0 aliphatic rings. The number of nitrogens with zero attached hydrogens (tertiary/aromatic N) is 1. The third-order valence-corrected chi connectivity index (χ3v) is 3.21. The summed E-state index contributed by atoms with van der Waals surface area (Å²) in [6.45, 7) is 5.21. The summed E-state index contributed by atoms with van der Waals surface area (Å²) in [4.78, 5) is 13.4. The van der Waals surface area contributed by atoms with E-state index in [4.69, 9.17) is 4.74 Å². The number of carbonyl (C=O) groups is 1. The summed E-state index contributed by atoms with van der Waals surface area (Å²) in [6, 6.07) is 4.25. The van der Waals surface area contributed by atoms with Gasteiger partial charge in [-0.15, -0.1) is 0 Å². The molecule has 0 saturated carbocycles. The smallest absolute Gasteiger partial charge is 0.236 e. The Hall–Kier alpha value is -1.55. The molecule has 0 unspecified atom stereocenters. The lowest BCUT2D eigenvalue weighted by atomic mass is 10.0. The number of hydrogen-bond acceptors (Lipinski definition) is 3. The van der Waals surface area contributed by atoms with Gasteiger partial charge in [-0.25, -0.2) is 0 Å². The van der Waals surface area contributed by atoms with Crippen LogP contribution < -0.4 is 10.1 Å². The summed E-state index contributed by atoms with van der Waals surface area (Å²) in [5, 5.41) is 2.87. The van der Waals surface area contributed by atoms with E-state index in [1.807, 2.05) is 20.9 Å². The average Bonchev–Trinajstić information content (AvgIpc) is 2.36. The highest BCUT2D eigenvalue weighted by Crippen LogP contribution is 2.24. The number of nitrogens with one attached hydrogen (secondary N) is 1. The van der Waals surface area contributed by atoms with Crippen LogP contribution in [0.25, 0.3) is 0 Å². The van der Waals surface area contributed by atoms with Gasteiger partial charge in [-0.1, -0.05) is 12.1 Å². The van der Waals surface area contributed by atoms with E-state index in [2.05, 4.69) is 17.4 Å². The van der Waals surface area contributed by atoms with E-state index in [0.717, 1.165) is 29.8 Å². The van der Waals surface area contributed by atoms with Crippen LogP contribution in [0.5, 0.6) is 5.75 Å². The van der Waals surface area contributed by atoms with Crippen molar-refractivity contribution in [3.8, 4) is 5.75 Å². The molecular weight excluding hydrogens is 240 g/mol. The normalized spacial score (nSPS) is 10.4. The highest BCUT2D eigenvalue weighted by Gasteiger charge is 2.09. The minimum Gasteiger partial charge on any atom is -0.496 e. The summed E-state index contributed by atoms with van der Waals surface area (Å²) in [5.74, 6) is 1.06. The van der Waals surface area contributed by atoms with E-state index >= 15 is 0 Å². The van der Waals surface area contributed by atoms with Crippen molar-refractivity contribution in [2.24, 2.45) is 0 Å². The first-order valence-electron chi connectivity index (χ1n) is 6.52. The minimum atomic E-state index is 0.115. The first kappa shape index (κ1) is 15.5. The lowest BCUT2D eigenvalue weighted by Gasteiger charge is -2.18. The molecule has 0 saturated heterocycles. The van der Waals surface area contributed by atoms with Crippen LogP contribution >= 0.6 is 0 Å². The Morgan fingerprint density at radius 3 is 2.37 bits per heavy atom. The number of likely N-dealkylation sites (N-methyl/N-ethyl adjacent to an activating group) is 2. The zero-order valence-electron chi connectivity index (χ0n) is 12.5. The lowest BCUT2D eigenvalue weighted by Crippen LogP contribution is -2.35.